The van der Waals surface area contributed by atoms with E-state index in [1.807, 2.05) is 37.0 Å². The van der Waals surface area contributed by atoms with Gasteiger partial charge in [-0.3, -0.25) is 18.6 Å². The minimum absolute atomic E-state index is 0.0648. The summed E-state index contributed by atoms with van der Waals surface area (Å²) in [6.45, 7) is 29.4. The average molecular weight is 1060 g/mol. The summed E-state index contributed by atoms with van der Waals surface area (Å²) in [4.78, 5) is 0. The van der Waals surface area contributed by atoms with Crippen molar-refractivity contribution in [1.82, 2.24) is 29.8 Å². The van der Waals surface area contributed by atoms with Crippen molar-refractivity contribution in [2.45, 2.75) is 174 Å². The van der Waals surface area contributed by atoms with Gasteiger partial charge in [-0.15, -0.1) is 0 Å². The molecule has 9 rings (SSSR count). The van der Waals surface area contributed by atoms with E-state index in [2.05, 4.69) is 110 Å². The number of nitrogens with one attached hydrogen (secondary N) is 1. The molecule has 0 amide bonds. The Bertz CT molecular complexity index is 2120. The zero-order valence-corrected chi connectivity index (χ0v) is 46.7. The number of H-pyrrole nitrogens is 1. The summed E-state index contributed by atoms with van der Waals surface area (Å²) >= 11 is 0. The minimum Gasteiger partial charge on any atom is -0.403 e. The zero-order valence-electron chi connectivity index (χ0n) is 44.3. The van der Waals surface area contributed by atoms with Crippen LogP contribution in [-0.4, -0.2) is 159 Å². The average Bonchev–Trinajstić information content (AvgIpc) is 4.12. The molecule has 0 bridgehead atoms. The zero-order chi connectivity index (χ0) is 53.1. The summed E-state index contributed by atoms with van der Waals surface area (Å²) in [5, 5.41) is 24.0. The minimum atomic E-state index is -3.28. The van der Waals surface area contributed by atoms with E-state index in [-0.39, 0.29) is 48.8 Å². The molecule has 0 spiro atoms. The van der Waals surface area contributed by atoms with Gasteiger partial charge in [-0.25, -0.2) is 8.42 Å². The standard InChI is InChI=1S/C14H23BN2O3.C9H14N2O.C7H15BO2.C6H12O4S.C5H9O2.C4H6N2.CH3ClO2S/c1-13(2)14(3,4)20-15(19-13)11-9-16-17(10-11)12-5-7-18-8-6-12;1-8-6-10-11(7-8)9-2-4-12-5-3-9;1-6(2)7(3,4)10-8(5)9-6;1-11(7,8)10-6-2-4-9-5-3-6;6-5-1-3-7-4-2-5;1-4-2-5-6-3-4;1-5(2,3)4/h9-10,12H,5-8H2,1-4H3;6-7,9H,2-5H2,1H3;1-5H3;6H,2-5H2,1H3;3,5-6H,1-2,4H2;2-3H,1H3,(H,5,6);1H3/q;;;;+1;;. The summed E-state index contributed by atoms with van der Waals surface area (Å²) < 4.78 is 92.7. The van der Waals surface area contributed by atoms with Gasteiger partial charge in [0.15, 0.2) is 0 Å². The molecule has 0 aliphatic carbocycles. The molecule has 6 fully saturated rings. The van der Waals surface area contributed by atoms with Crippen LogP contribution in [0.15, 0.2) is 37.2 Å². The van der Waals surface area contributed by atoms with Gasteiger partial charge in [-0.05, 0) is 126 Å². The number of hydrogen-bond acceptors (Lipinski definition) is 17. The van der Waals surface area contributed by atoms with Crippen molar-refractivity contribution in [3.05, 3.63) is 54.9 Å². The van der Waals surface area contributed by atoms with Crippen LogP contribution in [0.25, 0.3) is 0 Å². The molecule has 1 atom stereocenters. The van der Waals surface area contributed by atoms with Crippen molar-refractivity contribution >= 4 is 49.6 Å². The smallest absolute Gasteiger partial charge is 0.403 e. The second-order valence-corrected chi connectivity index (χ2v) is 24.8. The molecule has 0 aromatic carbocycles. The van der Waals surface area contributed by atoms with Gasteiger partial charge in [0.2, 0.25) is 15.7 Å². The van der Waals surface area contributed by atoms with Crippen LogP contribution in [0.3, 0.4) is 0 Å². The SMILES string of the molecule is CB1OC(C)(C)C(C)(C)O1.CC1(C)OB(c2cnn(C3CCOCC3)c2)OC1(C)C.CS(=O)(=O)Cl.CS(=O)(=O)OC1CCOCC1.Cc1cn[nH]c1.Cc1cnn(C2CCOCC2)c1.OC1C[CH+]OCC1. The van der Waals surface area contributed by atoms with Gasteiger partial charge >= 0.3 is 14.2 Å². The fourth-order valence-electron chi connectivity index (χ4n) is 7.24. The molecular weight excluding hydrogens is 982 g/mol. The third-order valence-electron chi connectivity index (χ3n) is 12.5. The van der Waals surface area contributed by atoms with Gasteiger partial charge < -0.3 is 37.9 Å². The molecular formula is C46H82B2ClN6O14S2+. The summed E-state index contributed by atoms with van der Waals surface area (Å²) in [7, 11) is -2.36. The first kappa shape index (κ1) is 62.7. The van der Waals surface area contributed by atoms with Crippen LogP contribution in [0, 0.1) is 20.5 Å². The maximum Gasteiger partial charge on any atom is 0.498 e. The van der Waals surface area contributed by atoms with Crippen molar-refractivity contribution in [2.75, 3.05) is 58.8 Å². The fraction of sp³-hybridized carbons (Fsp3) is 0.783. The van der Waals surface area contributed by atoms with Crippen LogP contribution in [0.1, 0.15) is 130 Å². The molecule has 71 heavy (non-hydrogen) atoms. The van der Waals surface area contributed by atoms with Crippen molar-refractivity contribution in [3.8, 4) is 0 Å². The lowest BCUT2D eigenvalue weighted by molar-refractivity contribution is 0.00578. The van der Waals surface area contributed by atoms with Gasteiger partial charge in [0, 0.05) is 87.0 Å². The highest BCUT2D eigenvalue weighted by Crippen LogP contribution is 2.37. The number of aryl methyl sites for hydroxylation is 2. The van der Waals surface area contributed by atoms with Crippen molar-refractivity contribution in [1.29, 1.82) is 0 Å². The number of aliphatic hydroxyl groups is 1. The van der Waals surface area contributed by atoms with Crippen LogP contribution in [-0.2, 0) is 60.9 Å². The van der Waals surface area contributed by atoms with Crippen molar-refractivity contribution in [2.24, 2.45) is 0 Å². The topological polar surface area (TPSA) is 236 Å². The molecule has 9 heterocycles. The van der Waals surface area contributed by atoms with Crippen molar-refractivity contribution < 1.29 is 63.7 Å². The number of ether oxygens (including phenoxy) is 4. The first-order chi connectivity index (χ1) is 33.0. The highest BCUT2D eigenvalue weighted by Gasteiger charge is 2.52. The van der Waals surface area contributed by atoms with Gasteiger partial charge in [-0.2, -0.15) is 28.5 Å². The van der Waals surface area contributed by atoms with E-state index in [0.717, 1.165) is 76.5 Å². The van der Waals surface area contributed by atoms with Crippen LogP contribution in [0.5, 0.6) is 0 Å². The van der Waals surface area contributed by atoms with E-state index in [0.29, 0.717) is 51.2 Å². The van der Waals surface area contributed by atoms with E-state index >= 15 is 0 Å². The normalized spacial score (nSPS) is 22.9. The maximum absolute atomic E-state index is 10.6. The maximum atomic E-state index is 10.6. The third-order valence-corrected chi connectivity index (χ3v) is 13.2. The first-order valence-electron chi connectivity index (χ1n) is 24.3. The molecule has 0 saturated carbocycles. The van der Waals surface area contributed by atoms with Gasteiger partial charge in [-0.1, -0.05) is 0 Å². The number of aromatic nitrogens is 6. The van der Waals surface area contributed by atoms with E-state index in [1.54, 1.807) is 12.8 Å². The van der Waals surface area contributed by atoms with Gasteiger partial charge in [0.05, 0.1) is 71.6 Å². The largest absolute Gasteiger partial charge is 0.498 e. The molecule has 20 nitrogen and oxygen atoms in total. The highest BCUT2D eigenvalue weighted by molar-refractivity contribution is 8.13. The molecule has 404 valence electrons. The Balaban J connectivity index is 0.000000230. The van der Waals surface area contributed by atoms with Crippen LogP contribution >= 0.6 is 10.7 Å². The fourth-order valence-corrected chi connectivity index (χ4v) is 7.93. The molecule has 0 radical (unpaired) electrons. The number of hydrogen-bond donors (Lipinski definition) is 2. The van der Waals surface area contributed by atoms with Gasteiger partial charge in [0.1, 0.15) is 13.0 Å². The molecule has 1 unspecified atom stereocenters. The second-order valence-electron chi connectivity index (χ2n) is 20.1. The third kappa shape index (κ3) is 24.1. The van der Waals surface area contributed by atoms with E-state index < -0.39 is 19.2 Å². The lowest BCUT2D eigenvalue weighted by Gasteiger charge is -2.32. The lowest BCUT2D eigenvalue weighted by Crippen LogP contribution is -2.41. The summed E-state index contributed by atoms with van der Waals surface area (Å²) in [5.74, 6) is 0. The van der Waals surface area contributed by atoms with Gasteiger partial charge in [0.25, 0.3) is 10.1 Å². The number of aliphatic hydroxyl groups excluding tert-OH is 1. The highest BCUT2D eigenvalue weighted by atomic mass is 35.7. The predicted molar refractivity (Wildman–Crippen MR) is 274 cm³/mol. The Morgan fingerprint density at radius 1 is 0.690 bits per heavy atom. The van der Waals surface area contributed by atoms with E-state index in [1.165, 1.54) is 11.1 Å². The van der Waals surface area contributed by atoms with Crippen LogP contribution < -0.4 is 5.46 Å². The monoisotopic (exact) mass is 1060 g/mol. The Kier molecular flexibility index (Phi) is 25.5. The molecule has 6 aliphatic rings. The molecule has 25 heteroatoms. The number of halogens is 1. The quantitative estimate of drug-likeness (QED) is 0.126. The molecule has 3 aromatic heterocycles. The number of rotatable bonds is 5. The van der Waals surface area contributed by atoms with E-state index in [9.17, 15) is 16.8 Å². The lowest BCUT2D eigenvalue weighted by atomic mass is 9.82. The summed E-state index contributed by atoms with van der Waals surface area (Å²) in [6, 6.07) is 0.993. The van der Waals surface area contributed by atoms with E-state index in [4.69, 9.17) is 46.9 Å². The number of aromatic amines is 1. The first-order valence-corrected chi connectivity index (χ1v) is 28.8. The Morgan fingerprint density at radius 2 is 1.14 bits per heavy atom. The second kappa shape index (κ2) is 28.9. The Hall–Kier alpha value is -2.58. The summed E-state index contributed by atoms with van der Waals surface area (Å²) in [6.07, 6.45) is 20.3. The number of nitrogens with zero attached hydrogens (tertiary/aromatic N) is 5. The molecule has 3 aromatic rings. The van der Waals surface area contributed by atoms with Crippen LogP contribution in [0.4, 0.5) is 0 Å². The van der Waals surface area contributed by atoms with Crippen LogP contribution in [0.2, 0.25) is 6.82 Å². The summed E-state index contributed by atoms with van der Waals surface area (Å²) in [5.41, 5.74) is 2.47. The Labute approximate surface area is 429 Å². The molecule has 2 N–H and O–H groups in total. The predicted octanol–water partition coefficient (Wildman–Crippen LogP) is 6.15. The molecule has 6 aliphatic heterocycles. The van der Waals surface area contributed by atoms with Crippen molar-refractivity contribution in [3.63, 3.8) is 0 Å². The molecule has 6 saturated heterocycles. The Morgan fingerprint density at radius 3 is 1.46 bits per heavy atom.